The quantitative estimate of drug-likeness (QED) is 0.703. The number of benzene rings is 1. The minimum atomic E-state index is -0.0301. The van der Waals surface area contributed by atoms with Crippen LogP contribution in [0.25, 0.3) is 5.69 Å². The largest absolute Gasteiger partial charge is 0.316 e. The molecule has 0 N–H and O–H groups in total. The zero-order chi connectivity index (χ0) is 15.4. The van der Waals surface area contributed by atoms with Gasteiger partial charge in [0.1, 0.15) is 0 Å². The van der Waals surface area contributed by atoms with E-state index in [0.29, 0.717) is 16.5 Å². The number of fused-ring (bicyclic) bond motifs is 1. The van der Waals surface area contributed by atoms with E-state index in [1.807, 2.05) is 25.1 Å². The van der Waals surface area contributed by atoms with Crippen LogP contribution in [0.1, 0.15) is 42.0 Å². The smallest absolute Gasteiger partial charge is 0.165 e. The predicted octanol–water partition coefficient (Wildman–Crippen LogP) is 5.25. The molecule has 3 rings (SSSR count). The van der Waals surface area contributed by atoms with E-state index < -0.39 is 0 Å². The zero-order valence-electron chi connectivity index (χ0n) is 12.3. The fourth-order valence-corrected chi connectivity index (χ4v) is 3.53. The lowest BCUT2D eigenvalue weighted by molar-refractivity contribution is 0.0911. The lowest BCUT2D eigenvalue weighted by atomic mass is 9.76. The molecule has 0 saturated carbocycles. The molecular weight excluding hydrogens is 305 g/mol. The molecule has 1 heterocycles. The highest BCUT2D eigenvalue weighted by Gasteiger charge is 2.34. The third-order valence-electron chi connectivity index (χ3n) is 4.04. The van der Waals surface area contributed by atoms with Crippen LogP contribution in [-0.4, -0.2) is 10.4 Å². The Bertz CT molecular complexity index is 743. The van der Waals surface area contributed by atoms with Crippen molar-refractivity contribution >= 4 is 29.0 Å². The van der Waals surface area contributed by atoms with Crippen molar-refractivity contribution in [1.82, 2.24) is 4.57 Å². The van der Waals surface area contributed by atoms with Gasteiger partial charge in [-0.3, -0.25) is 4.79 Å². The molecule has 0 unspecified atom stereocenters. The SMILES string of the molecule is Cc1cc2c(n1-c1cccc(Cl)c1Cl)CC(C)(C)CC2=O. The van der Waals surface area contributed by atoms with Crippen molar-refractivity contribution < 1.29 is 4.79 Å². The molecular formula is C17H17Cl2NO. The number of nitrogens with zero attached hydrogens (tertiary/aromatic N) is 1. The molecule has 21 heavy (non-hydrogen) atoms. The third-order valence-corrected chi connectivity index (χ3v) is 4.85. The number of carbonyl (C=O) groups is 1. The van der Waals surface area contributed by atoms with Gasteiger partial charge in [0.05, 0.1) is 15.7 Å². The van der Waals surface area contributed by atoms with Crippen molar-refractivity contribution in [3.05, 3.63) is 51.3 Å². The number of halogens is 2. The standard InChI is InChI=1S/C17H17Cl2NO/c1-10-7-11-14(8-17(2,3)9-15(11)21)20(10)13-6-4-5-12(18)16(13)19/h4-7H,8-9H2,1-3H3. The molecule has 0 atom stereocenters. The lowest BCUT2D eigenvalue weighted by Crippen LogP contribution is -2.27. The normalized spacial score (nSPS) is 16.9. The summed E-state index contributed by atoms with van der Waals surface area (Å²) in [5.41, 5.74) is 3.68. The van der Waals surface area contributed by atoms with E-state index in [9.17, 15) is 4.79 Å². The van der Waals surface area contributed by atoms with Gasteiger partial charge in [-0.05, 0) is 37.0 Å². The van der Waals surface area contributed by atoms with Gasteiger partial charge in [-0.2, -0.15) is 0 Å². The van der Waals surface area contributed by atoms with Crippen LogP contribution in [0.2, 0.25) is 10.0 Å². The highest BCUT2D eigenvalue weighted by Crippen LogP contribution is 2.39. The number of hydrogen-bond donors (Lipinski definition) is 0. The van der Waals surface area contributed by atoms with Gasteiger partial charge in [-0.25, -0.2) is 0 Å². The Morgan fingerprint density at radius 3 is 2.62 bits per heavy atom. The van der Waals surface area contributed by atoms with E-state index in [0.717, 1.165) is 29.1 Å². The number of rotatable bonds is 1. The molecule has 0 radical (unpaired) electrons. The van der Waals surface area contributed by atoms with Crippen LogP contribution in [0, 0.1) is 12.3 Å². The minimum absolute atomic E-state index is 0.0301. The molecule has 0 aliphatic heterocycles. The van der Waals surface area contributed by atoms with Crippen LogP contribution in [0.5, 0.6) is 0 Å². The maximum Gasteiger partial charge on any atom is 0.165 e. The summed E-state index contributed by atoms with van der Waals surface area (Å²) in [5.74, 6) is 0.209. The van der Waals surface area contributed by atoms with E-state index in [2.05, 4.69) is 18.4 Å². The van der Waals surface area contributed by atoms with Crippen molar-refractivity contribution in [3.63, 3.8) is 0 Å². The molecule has 2 nitrogen and oxygen atoms in total. The van der Waals surface area contributed by atoms with E-state index in [4.69, 9.17) is 23.2 Å². The number of aromatic nitrogens is 1. The lowest BCUT2D eigenvalue weighted by Gasteiger charge is -2.30. The molecule has 0 saturated heterocycles. The van der Waals surface area contributed by atoms with E-state index in [1.54, 1.807) is 6.07 Å². The van der Waals surface area contributed by atoms with E-state index >= 15 is 0 Å². The summed E-state index contributed by atoms with van der Waals surface area (Å²) in [4.78, 5) is 12.4. The molecule has 0 bridgehead atoms. The van der Waals surface area contributed by atoms with Gasteiger partial charge < -0.3 is 4.57 Å². The van der Waals surface area contributed by atoms with Crippen molar-refractivity contribution in [3.8, 4) is 5.69 Å². The van der Waals surface area contributed by atoms with Crippen molar-refractivity contribution in [2.45, 2.75) is 33.6 Å². The van der Waals surface area contributed by atoms with Crippen LogP contribution in [0.3, 0.4) is 0 Å². The monoisotopic (exact) mass is 321 g/mol. The Balaban J connectivity index is 2.26. The first-order chi connectivity index (χ1) is 9.80. The molecule has 1 aromatic carbocycles. The van der Waals surface area contributed by atoms with Crippen LogP contribution in [0.15, 0.2) is 24.3 Å². The van der Waals surface area contributed by atoms with Crippen molar-refractivity contribution in [2.75, 3.05) is 0 Å². The molecule has 0 spiro atoms. The van der Waals surface area contributed by atoms with Crippen LogP contribution >= 0.6 is 23.2 Å². The second-order valence-electron chi connectivity index (χ2n) is 6.50. The summed E-state index contributed by atoms with van der Waals surface area (Å²) in [6, 6.07) is 7.55. The highest BCUT2D eigenvalue weighted by atomic mass is 35.5. The minimum Gasteiger partial charge on any atom is -0.316 e. The summed E-state index contributed by atoms with van der Waals surface area (Å²) in [7, 11) is 0. The molecule has 110 valence electrons. The first-order valence-electron chi connectivity index (χ1n) is 6.99. The summed E-state index contributed by atoms with van der Waals surface area (Å²) < 4.78 is 2.07. The van der Waals surface area contributed by atoms with Crippen molar-refractivity contribution in [2.24, 2.45) is 5.41 Å². The van der Waals surface area contributed by atoms with Gasteiger partial charge >= 0.3 is 0 Å². The van der Waals surface area contributed by atoms with Gasteiger partial charge in [-0.15, -0.1) is 0 Å². The number of carbonyl (C=O) groups excluding carboxylic acids is 1. The second-order valence-corrected chi connectivity index (χ2v) is 7.28. The van der Waals surface area contributed by atoms with Crippen molar-refractivity contribution in [1.29, 1.82) is 0 Å². The molecule has 4 heteroatoms. The van der Waals surface area contributed by atoms with Gasteiger partial charge in [0, 0.05) is 23.4 Å². The van der Waals surface area contributed by atoms with Crippen LogP contribution in [0.4, 0.5) is 0 Å². The Morgan fingerprint density at radius 2 is 1.90 bits per heavy atom. The number of aryl methyl sites for hydroxylation is 1. The molecule has 2 aromatic rings. The fraction of sp³-hybridized carbons (Fsp3) is 0.353. The van der Waals surface area contributed by atoms with E-state index in [1.165, 1.54) is 0 Å². The maximum atomic E-state index is 12.4. The number of hydrogen-bond acceptors (Lipinski definition) is 1. The Labute approximate surface area is 134 Å². The van der Waals surface area contributed by atoms with Crippen LogP contribution < -0.4 is 0 Å². The summed E-state index contributed by atoms with van der Waals surface area (Å²) >= 11 is 12.5. The summed E-state index contributed by atoms with van der Waals surface area (Å²) in [5, 5.41) is 1.05. The third kappa shape index (κ3) is 2.41. The average Bonchev–Trinajstić information content (AvgIpc) is 2.69. The average molecular weight is 322 g/mol. The molecule has 1 aliphatic carbocycles. The molecule has 1 aliphatic rings. The van der Waals surface area contributed by atoms with Crippen LogP contribution in [-0.2, 0) is 6.42 Å². The van der Waals surface area contributed by atoms with Gasteiger partial charge in [0.25, 0.3) is 0 Å². The van der Waals surface area contributed by atoms with Gasteiger partial charge in [0.2, 0.25) is 0 Å². The Morgan fingerprint density at radius 1 is 1.19 bits per heavy atom. The zero-order valence-corrected chi connectivity index (χ0v) is 13.8. The summed E-state index contributed by atoms with van der Waals surface area (Å²) in [6.45, 7) is 6.25. The maximum absolute atomic E-state index is 12.4. The van der Waals surface area contributed by atoms with E-state index in [-0.39, 0.29) is 11.2 Å². The Kier molecular flexibility index (Phi) is 3.42. The first kappa shape index (κ1) is 14.7. The number of Topliss-reactive ketones (excluding diaryl/α,β-unsaturated/α-hetero) is 1. The number of ketones is 1. The summed E-state index contributed by atoms with van der Waals surface area (Å²) in [6.07, 6.45) is 1.44. The molecule has 0 amide bonds. The topological polar surface area (TPSA) is 22.0 Å². The second kappa shape index (κ2) is 4.89. The predicted molar refractivity (Wildman–Crippen MR) is 87.0 cm³/mol. The Hall–Kier alpha value is -1.25. The molecule has 0 fully saturated rings. The fourth-order valence-electron chi connectivity index (χ4n) is 3.15. The first-order valence-corrected chi connectivity index (χ1v) is 7.74. The molecule has 1 aromatic heterocycles. The van der Waals surface area contributed by atoms with Gasteiger partial charge in [-0.1, -0.05) is 43.1 Å². The van der Waals surface area contributed by atoms with Gasteiger partial charge in [0.15, 0.2) is 5.78 Å². The highest BCUT2D eigenvalue weighted by molar-refractivity contribution is 6.43.